The summed E-state index contributed by atoms with van der Waals surface area (Å²) in [6.07, 6.45) is 2.83. The fourth-order valence-corrected chi connectivity index (χ4v) is 3.34. The number of aryl methyl sites for hydroxylation is 1. The van der Waals surface area contributed by atoms with Gasteiger partial charge in [0.05, 0.1) is 18.1 Å². The maximum Gasteiger partial charge on any atom is 0.294 e. The number of aliphatic hydroxyl groups is 1. The summed E-state index contributed by atoms with van der Waals surface area (Å²) in [5, 5.41) is 10.6. The van der Waals surface area contributed by atoms with E-state index in [0.29, 0.717) is 11.4 Å². The van der Waals surface area contributed by atoms with Gasteiger partial charge in [-0.25, -0.2) is 0 Å². The van der Waals surface area contributed by atoms with Crippen LogP contribution >= 0.6 is 0 Å². The average Bonchev–Trinajstić information content (AvgIpc) is 3.40. The van der Waals surface area contributed by atoms with Crippen molar-refractivity contribution in [1.29, 1.82) is 0 Å². The number of carbonyl (C=O) groups is 2. The van der Waals surface area contributed by atoms with E-state index in [2.05, 4.69) is 0 Å². The fourth-order valence-electron chi connectivity index (χ4n) is 3.34. The third kappa shape index (κ3) is 2.57. The van der Waals surface area contributed by atoms with Crippen LogP contribution in [0.15, 0.2) is 75.2 Å². The Morgan fingerprint density at radius 1 is 1.04 bits per heavy atom. The summed E-state index contributed by atoms with van der Waals surface area (Å²) >= 11 is 0. The lowest BCUT2D eigenvalue weighted by Gasteiger charge is -2.26. The molecule has 1 unspecified atom stereocenters. The van der Waals surface area contributed by atoms with Crippen LogP contribution in [-0.2, 0) is 4.79 Å². The monoisotopic (exact) mass is 363 g/mol. The summed E-state index contributed by atoms with van der Waals surface area (Å²) in [5.41, 5.74) is 2.41. The van der Waals surface area contributed by atoms with E-state index in [4.69, 9.17) is 8.83 Å². The van der Waals surface area contributed by atoms with Gasteiger partial charge >= 0.3 is 0 Å². The molecule has 0 aliphatic carbocycles. The van der Waals surface area contributed by atoms with Crippen LogP contribution in [0.3, 0.4) is 0 Å². The standard InChI is InChI=1S/C21H17NO5/c1-12-6-3-7-14(13(12)2)22-18(15-8-4-10-26-15)17(20(24)21(22)25)19(23)16-9-5-11-27-16/h3-11,18,24H,1-2H3. The molecule has 4 rings (SSSR count). The van der Waals surface area contributed by atoms with Crippen LogP contribution in [0, 0.1) is 13.8 Å². The van der Waals surface area contributed by atoms with Gasteiger partial charge in [0, 0.05) is 5.69 Å². The summed E-state index contributed by atoms with van der Waals surface area (Å²) < 4.78 is 10.7. The van der Waals surface area contributed by atoms with Crippen molar-refractivity contribution >= 4 is 17.4 Å². The molecule has 0 saturated carbocycles. The fraction of sp³-hybridized carbons (Fsp3) is 0.143. The first-order chi connectivity index (χ1) is 13.0. The van der Waals surface area contributed by atoms with Crippen LogP contribution < -0.4 is 4.90 Å². The summed E-state index contributed by atoms with van der Waals surface area (Å²) in [6.45, 7) is 3.82. The Bertz CT molecular complexity index is 1040. The molecule has 0 fully saturated rings. The van der Waals surface area contributed by atoms with Gasteiger partial charge in [-0.3, -0.25) is 14.5 Å². The van der Waals surface area contributed by atoms with Gasteiger partial charge < -0.3 is 13.9 Å². The van der Waals surface area contributed by atoms with E-state index in [-0.39, 0.29) is 11.3 Å². The van der Waals surface area contributed by atoms with Gasteiger partial charge in [0.2, 0.25) is 5.78 Å². The minimum absolute atomic E-state index is 0.0451. The normalized spacial score (nSPS) is 17.0. The molecular formula is C21H17NO5. The molecule has 1 atom stereocenters. The SMILES string of the molecule is Cc1cccc(N2C(=O)C(O)=C(C(=O)c3ccco3)C2c2ccco2)c1C. The zero-order chi connectivity index (χ0) is 19.1. The van der Waals surface area contributed by atoms with Crippen molar-refractivity contribution in [2.45, 2.75) is 19.9 Å². The number of Topliss-reactive ketones (excluding diaryl/α,β-unsaturated/α-hetero) is 1. The molecule has 3 heterocycles. The number of carbonyl (C=O) groups excluding carboxylic acids is 2. The lowest BCUT2D eigenvalue weighted by molar-refractivity contribution is -0.117. The Labute approximate surface area is 155 Å². The molecule has 0 bridgehead atoms. The molecule has 136 valence electrons. The number of rotatable bonds is 4. The van der Waals surface area contributed by atoms with E-state index < -0.39 is 23.5 Å². The van der Waals surface area contributed by atoms with Gasteiger partial charge in [0.1, 0.15) is 11.8 Å². The highest BCUT2D eigenvalue weighted by atomic mass is 16.3. The van der Waals surface area contributed by atoms with Crippen LogP contribution in [-0.4, -0.2) is 16.8 Å². The van der Waals surface area contributed by atoms with E-state index in [1.54, 1.807) is 24.3 Å². The first-order valence-corrected chi connectivity index (χ1v) is 8.45. The minimum atomic E-state index is -0.884. The highest BCUT2D eigenvalue weighted by molar-refractivity contribution is 6.20. The molecular weight excluding hydrogens is 346 g/mol. The van der Waals surface area contributed by atoms with Gasteiger partial charge in [-0.15, -0.1) is 0 Å². The van der Waals surface area contributed by atoms with Crippen molar-refractivity contribution in [1.82, 2.24) is 0 Å². The number of ketones is 1. The average molecular weight is 363 g/mol. The predicted molar refractivity (Wildman–Crippen MR) is 97.5 cm³/mol. The van der Waals surface area contributed by atoms with E-state index in [1.807, 2.05) is 26.0 Å². The van der Waals surface area contributed by atoms with Crippen LogP contribution in [0.1, 0.15) is 33.5 Å². The highest BCUT2D eigenvalue weighted by Crippen LogP contribution is 2.43. The molecule has 1 aliphatic rings. The predicted octanol–water partition coefficient (Wildman–Crippen LogP) is 4.27. The number of anilines is 1. The number of nitrogens with zero attached hydrogens (tertiary/aromatic N) is 1. The molecule has 1 aliphatic heterocycles. The molecule has 1 amide bonds. The van der Waals surface area contributed by atoms with Crippen LogP contribution in [0.4, 0.5) is 5.69 Å². The Morgan fingerprint density at radius 3 is 2.44 bits per heavy atom. The van der Waals surface area contributed by atoms with E-state index in [0.717, 1.165) is 11.1 Å². The van der Waals surface area contributed by atoms with E-state index >= 15 is 0 Å². The summed E-state index contributed by atoms with van der Waals surface area (Å²) in [4.78, 5) is 27.3. The van der Waals surface area contributed by atoms with Gasteiger partial charge in [-0.1, -0.05) is 12.1 Å². The molecule has 0 radical (unpaired) electrons. The number of benzene rings is 1. The first-order valence-electron chi connectivity index (χ1n) is 8.45. The van der Waals surface area contributed by atoms with Crippen LogP contribution in [0.2, 0.25) is 0 Å². The van der Waals surface area contributed by atoms with Crippen LogP contribution in [0.5, 0.6) is 0 Å². The van der Waals surface area contributed by atoms with E-state index in [9.17, 15) is 14.7 Å². The number of aliphatic hydroxyl groups excluding tert-OH is 1. The zero-order valence-electron chi connectivity index (χ0n) is 14.8. The summed E-state index contributed by atoms with van der Waals surface area (Å²) in [5.74, 6) is -1.38. The van der Waals surface area contributed by atoms with Gasteiger partial charge in [-0.05, 0) is 55.3 Å². The molecule has 0 saturated heterocycles. The second-order valence-electron chi connectivity index (χ2n) is 6.38. The summed E-state index contributed by atoms with van der Waals surface area (Å²) in [6, 6.07) is 11.1. The molecule has 3 aromatic rings. The lowest BCUT2D eigenvalue weighted by atomic mass is 9.98. The Balaban J connectivity index is 1.90. The quantitative estimate of drug-likeness (QED) is 0.700. The maximum atomic E-state index is 13.0. The van der Waals surface area contributed by atoms with Gasteiger partial charge in [0.15, 0.2) is 11.5 Å². The molecule has 27 heavy (non-hydrogen) atoms. The Hall–Kier alpha value is -3.54. The van der Waals surface area contributed by atoms with Crippen molar-refractivity contribution in [2.24, 2.45) is 0 Å². The molecule has 6 heteroatoms. The van der Waals surface area contributed by atoms with E-state index in [1.165, 1.54) is 23.5 Å². The number of furan rings is 2. The summed E-state index contributed by atoms with van der Waals surface area (Å²) in [7, 11) is 0. The van der Waals surface area contributed by atoms with Crippen molar-refractivity contribution in [3.63, 3.8) is 0 Å². The lowest BCUT2D eigenvalue weighted by Crippen LogP contribution is -2.31. The topological polar surface area (TPSA) is 83.9 Å². The first kappa shape index (κ1) is 16.9. The van der Waals surface area contributed by atoms with Gasteiger partial charge in [-0.2, -0.15) is 0 Å². The molecule has 0 spiro atoms. The van der Waals surface area contributed by atoms with Crippen molar-refractivity contribution in [3.8, 4) is 0 Å². The van der Waals surface area contributed by atoms with Crippen LogP contribution in [0.25, 0.3) is 0 Å². The Kier molecular flexibility index (Phi) is 3.96. The third-order valence-corrected chi connectivity index (χ3v) is 4.85. The Morgan fingerprint density at radius 2 is 1.78 bits per heavy atom. The zero-order valence-corrected chi connectivity index (χ0v) is 14.8. The van der Waals surface area contributed by atoms with Gasteiger partial charge in [0.25, 0.3) is 5.91 Å². The largest absolute Gasteiger partial charge is 0.503 e. The molecule has 1 aromatic carbocycles. The van der Waals surface area contributed by atoms with Crippen molar-refractivity contribution < 1.29 is 23.5 Å². The maximum absolute atomic E-state index is 13.0. The highest BCUT2D eigenvalue weighted by Gasteiger charge is 2.47. The number of hydrogen-bond donors (Lipinski definition) is 1. The smallest absolute Gasteiger partial charge is 0.294 e. The second kappa shape index (κ2) is 6.32. The van der Waals surface area contributed by atoms with Crippen molar-refractivity contribution in [3.05, 3.63) is 89.0 Å². The minimum Gasteiger partial charge on any atom is -0.503 e. The van der Waals surface area contributed by atoms with Crippen molar-refractivity contribution in [2.75, 3.05) is 4.90 Å². The number of hydrogen-bond acceptors (Lipinski definition) is 5. The molecule has 1 N–H and O–H groups in total. The second-order valence-corrected chi connectivity index (χ2v) is 6.38. The molecule has 6 nitrogen and oxygen atoms in total. The third-order valence-electron chi connectivity index (χ3n) is 4.85. The number of amides is 1. The molecule has 2 aromatic heterocycles.